The molecule has 2 rings (SSSR count). The van der Waals surface area contributed by atoms with Gasteiger partial charge in [0.1, 0.15) is 5.03 Å². The number of piperidine rings is 1. The zero-order valence-corrected chi connectivity index (χ0v) is 10.3. The summed E-state index contributed by atoms with van der Waals surface area (Å²) in [6, 6.07) is 3.68. The van der Waals surface area contributed by atoms with Crippen LogP contribution in [0.4, 0.5) is 0 Å². The van der Waals surface area contributed by atoms with Gasteiger partial charge in [-0.3, -0.25) is 4.21 Å². The summed E-state index contributed by atoms with van der Waals surface area (Å²) in [7, 11) is -0.991. The Hall–Kier alpha value is -0.810. The molecule has 5 heteroatoms. The first-order valence-electron chi connectivity index (χ1n) is 5.65. The molecule has 0 aromatic carbocycles. The van der Waals surface area contributed by atoms with E-state index in [4.69, 9.17) is 0 Å². The van der Waals surface area contributed by atoms with Crippen LogP contribution < -0.4 is 5.32 Å². The molecule has 1 saturated heterocycles. The lowest BCUT2D eigenvalue weighted by Crippen LogP contribution is -2.30. The monoisotopic (exact) mass is 239 g/mol. The lowest BCUT2D eigenvalue weighted by molar-refractivity contribution is 0.405. The Morgan fingerprint density at radius 3 is 2.75 bits per heavy atom. The highest BCUT2D eigenvalue weighted by atomic mass is 32.2. The van der Waals surface area contributed by atoms with E-state index in [1.807, 2.05) is 19.1 Å². The molecule has 1 aliphatic heterocycles. The fourth-order valence-corrected chi connectivity index (χ4v) is 3.14. The molecule has 1 fully saturated rings. The molecule has 0 radical (unpaired) electrons. The molecule has 0 amide bonds. The first-order valence-corrected chi connectivity index (χ1v) is 6.97. The van der Waals surface area contributed by atoms with Crippen LogP contribution in [-0.4, -0.2) is 33.2 Å². The molecule has 1 atom stereocenters. The van der Waals surface area contributed by atoms with E-state index in [9.17, 15) is 4.21 Å². The van der Waals surface area contributed by atoms with Gasteiger partial charge in [0, 0.05) is 5.75 Å². The van der Waals surface area contributed by atoms with Gasteiger partial charge in [0.05, 0.1) is 16.5 Å². The van der Waals surface area contributed by atoms with Crippen LogP contribution in [0.5, 0.6) is 0 Å². The van der Waals surface area contributed by atoms with Crippen molar-refractivity contribution < 1.29 is 4.21 Å². The minimum Gasteiger partial charge on any atom is -0.317 e. The van der Waals surface area contributed by atoms with Gasteiger partial charge in [0.25, 0.3) is 0 Å². The van der Waals surface area contributed by atoms with Gasteiger partial charge in [-0.15, -0.1) is 5.10 Å². The maximum Gasteiger partial charge on any atom is 0.149 e. The van der Waals surface area contributed by atoms with E-state index in [1.54, 1.807) is 0 Å². The second-order valence-corrected chi connectivity index (χ2v) is 5.66. The van der Waals surface area contributed by atoms with Crippen molar-refractivity contribution in [2.75, 3.05) is 18.8 Å². The van der Waals surface area contributed by atoms with Crippen LogP contribution in [0.2, 0.25) is 0 Å². The molecule has 16 heavy (non-hydrogen) atoms. The Balaban J connectivity index is 1.94. The van der Waals surface area contributed by atoms with Crippen LogP contribution in [0, 0.1) is 12.8 Å². The summed E-state index contributed by atoms with van der Waals surface area (Å²) in [5.41, 5.74) is 0.864. The van der Waals surface area contributed by atoms with Gasteiger partial charge in [0.2, 0.25) is 0 Å². The van der Waals surface area contributed by atoms with E-state index in [1.165, 1.54) is 0 Å². The van der Waals surface area contributed by atoms with Crippen molar-refractivity contribution in [2.24, 2.45) is 5.92 Å². The van der Waals surface area contributed by atoms with Gasteiger partial charge in [-0.1, -0.05) is 0 Å². The van der Waals surface area contributed by atoms with Gasteiger partial charge in [-0.05, 0) is 50.9 Å². The normalized spacial score (nSPS) is 19.6. The zero-order chi connectivity index (χ0) is 11.4. The molecule has 0 aliphatic carbocycles. The van der Waals surface area contributed by atoms with Gasteiger partial charge < -0.3 is 5.32 Å². The van der Waals surface area contributed by atoms with E-state index >= 15 is 0 Å². The predicted molar refractivity (Wildman–Crippen MR) is 63.6 cm³/mol. The highest BCUT2D eigenvalue weighted by Crippen LogP contribution is 2.15. The number of hydrogen-bond acceptors (Lipinski definition) is 4. The van der Waals surface area contributed by atoms with Crippen molar-refractivity contribution in [3.8, 4) is 0 Å². The SMILES string of the molecule is Cc1ccc(S(=O)CC2CCNCC2)nn1. The first kappa shape index (κ1) is 11.7. The molecule has 1 aromatic heterocycles. The number of nitrogens with one attached hydrogen (secondary N) is 1. The lowest BCUT2D eigenvalue weighted by Gasteiger charge is -2.21. The van der Waals surface area contributed by atoms with E-state index in [-0.39, 0.29) is 0 Å². The van der Waals surface area contributed by atoms with Crippen molar-refractivity contribution in [1.82, 2.24) is 15.5 Å². The lowest BCUT2D eigenvalue weighted by atomic mass is 10.0. The van der Waals surface area contributed by atoms with Gasteiger partial charge >= 0.3 is 0 Å². The molecule has 4 nitrogen and oxygen atoms in total. The van der Waals surface area contributed by atoms with E-state index in [0.717, 1.165) is 37.4 Å². The Kier molecular flexibility index (Phi) is 4.01. The van der Waals surface area contributed by atoms with Gasteiger partial charge in [0.15, 0.2) is 0 Å². The highest BCUT2D eigenvalue weighted by Gasteiger charge is 2.17. The van der Waals surface area contributed by atoms with Crippen LogP contribution in [0.3, 0.4) is 0 Å². The summed E-state index contributed by atoms with van der Waals surface area (Å²) in [6.07, 6.45) is 2.23. The third kappa shape index (κ3) is 3.09. The fraction of sp³-hybridized carbons (Fsp3) is 0.636. The topological polar surface area (TPSA) is 54.9 Å². The summed E-state index contributed by atoms with van der Waals surface area (Å²) in [5.74, 6) is 1.28. The maximum atomic E-state index is 12.0. The molecule has 1 aliphatic rings. The Morgan fingerprint density at radius 1 is 1.38 bits per heavy atom. The molecule has 1 N–H and O–H groups in total. The molecular weight excluding hydrogens is 222 g/mol. The third-order valence-electron chi connectivity index (χ3n) is 2.85. The van der Waals surface area contributed by atoms with E-state index in [0.29, 0.717) is 10.9 Å². The van der Waals surface area contributed by atoms with Crippen LogP contribution >= 0.6 is 0 Å². The molecule has 1 unspecified atom stereocenters. The second-order valence-electron chi connectivity index (χ2n) is 4.22. The molecule has 0 spiro atoms. The van der Waals surface area contributed by atoms with Crippen LogP contribution in [0.15, 0.2) is 17.2 Å². The van der Waals surface area contributed by atoms with Crippen LogP contribution in [0.25, 0.3) is 0 Å². The minimum absolute atomic E-state index is 0.560. The van der Waals surface area contributed by atoms with Gasteiger partial charge in [-0.25, -0.2) is 0 Å². The molecule has 88 valence electrons. The predicted octanol–water partition coefficient (Wildman–Crippen LogP) is 0.892. The standard InChI is InChI=1S/C11H17N3OS/c1-9-2-3-11(14-13-9)16(15)8-10-4-6-12-7-5-10/h2-3,10,12H,4-8H2,1H3. The second kappa shape index (κ2) is 5.50. The number of aryl methyl sites for hydroxylation is 1. The largest absolute Gasteiger partial charge is 0.317 e. The van der Waals surface area contributed by atoms with Crippen molar-refractivity contribution in [3.05, 3.63) is 17.8 Å². The maximum absolute atomic E-state index is 12.0. The molecular formula is C11H17N3OS. The fourth-order valence-electron chi connectivity index (χ4n) is 1.86. The van der Waals surface area contributed by atoms with Gasteiger partial charge in [-0.2, -0.15) is 5.10 Å². The van der Waals surface area contributed by atoms with E-state index in [2.05, 4.69) is 15.5 Å². The Morgan fingerprint density at radius 2 is 2.12 bits per heavy atom. The average Bonchev–Trinajstić information content (AvgIpc) is 2.31. The van der Waals surface area contributed by atoms with Crippen molar-refractivity contribution >= 4 is 10.8 Å². The van der Waals surface area contributed by atoms with E-state index < -0.39 is 10.8 Å². The first-order chi connectivity index (χ1) is 7.75. The molecule has 0 saturated carbocycles. The average molecular weight is 239 g/mol. The summed E-state index contributed by atoms with van der Waals surface area (Å²) >= 11 is 0. The number of rotatable bonds is 3. The summed E-state index contributed by atoms with van der Waals surface area (Å²) in [6.45, 7) is 3.97. The quantitative estimate of drug-likeness (QED) is 0.851. The molecule has 2 heterocycles. The summed E-state index contributed by atoms with van der Waals surface area (Å²) in [5, 5.41) is 11.8. The molecule has 0 bridgehead atoms. The number of aromatic nitrogens is 2. The zero-order valence-electron chi connectivity index (χ0n) is 9.48. The summed E-state index contributed by atoms with van der Waals surface area (Å²) < 4.78 is 12.0. The minimum atomic E-state index is -0.991. The highest BCUT2D eigenvalue weighted by molar-refractivity contribution is 7.84. The van der Waals surface area contributed by atoms with Crippen molar-refractivity contribution in [1.29, 1.82) is 0 Å². The van der Waals surface area contributed by atoms with Crippen LogP contribution in [0.1, 0.15) is 18.5 Å². The van der Waals surface area contributed by atoms with Crippen molar-refractivity contribution in [2.45, 2.75) is 24.8 Å². The van der Waals surface area contributed by atoms with Crippen molar-refractivity contribution in [3.63, 3.8) is 0 Å². The number of hydrogen-bond donors (Lipinski definition) is 1. The van der Waals surface area contributed by atoms with Crippen LogP contribution in [-0.2, 0) is 10.8 Å². The smallest absolute Gasteiger partial charge is 0.149 e. The number of nitrogens with zero attached hydrogens (tertiary/aromatic N) is 2. The Bertz CT molecular complexity index is 360. The third-order valence-corrected chi connectivity index (χ3v) is 4.31. The summed E-state index contributed by atoms with van der Waals surface area (Å²) in [4.78, 5) is 0. The molecule has 1 aromatic rings. The Labute approximate surface area is 98.3 Å².